The van der Waals surface area contributed by atoms with Crippen LogP contribution in [0.2, 0.25) is 0 Å². The van der Waals surface area contributed by atoms with E-state index >= 15 is 0 Å². The van der Waals surface area contributed by atoms with Crippen molar-refractivity contribution in [3.05, 3.63) is 95.1 Å². The highest BCUT2D eigenvalue weighted by Crippen LogP contribution is 2.48. The number of ether oxygens (including phenoxy) is 1. The second-order valence-electron chi connectivity index (χ2n) is 6.76. The molecule has 2 atom stereocenters. The van der Waals surface area contributed by atoms with Crippen molar-refractivity contribution in [3.63, 3.8) is 0 Å². The number of hydrogen-bond acceptors (Lipinski definition) is 3. The van der Waals surface area contributed by atoms with Gasteiger partial charge in [0.2, 0.25) is 0 Å². The number of Topliss-reactive ketones (excluding diaryl/α,β-unsaturated/α-hetero) is 2. The summed E-state index contributed by atoms with van der Waals surface area (Å²) in [7, 11) is 0. The summed E-state index contributed by atoms with van der Waals surface area (Å²) in [4.78, 5) is 25.8. The van der Waals surface area contributed by atoms with E-state index in [1.54, 1.807) is 24.3 Å². The SMILES string of the molecule is CC(=O)C(C(=O)c1ccc(F)cc1)C1c2ccccc2Oc2ccc(F)cc21. The lowest BCUT2D eigenvalue weighted by atomic mass is 9.74. The van der Waals surface area contributed by atoms with E-state index in [1.165, 1.54) is 49.4 Å². The molecule has 2 unspecified atom stereocenters. The Morgan fingerprint density at radius 3 is 2.21 bits per heavy atom. The van der Waals surface area contributed by atoms with E-state index in [0.717, 1.165) is 0 Å². The molecule has 0 aromatic heterocycles. The Kier molecular flexibility index (Phi) is 4.51. The minimum absolute atomic E-state index is 0.225. The van der Waals surface area contributed by atoms with E-state index < -0.39 is 29.3 Å². The highest BCUT2D eigenvalue weighted by Gasteiger charge is 2.40. The Hall–Kier alpha value is -3.34. The molecular formula is C23H16F2O3. The number of carbonyl (C=O) groups excluding carboxylic acids is 2. The predicted molar refractivity (Wildman–Crippen MR) is 99.7 cm³/mol. The lowest BCUT2D eigenvalue weighted by Crippen LogP contribution is -2.31. The van der Waals surface area contributed by atoms with E-state index in [9.17, 15) is 18.4 Å². The Bertz CT molecular complexity index is 1070. The van der Waals surface area contributed by atoms with E-state index in [-0.39, 0.29) is 11.3 Å². The monoisotopic (exact) mass is 378 g/mol. The first-order chi connectivity index (χ1) is 13.5. The van der Waals surface area contributed by atoms with E-state index in [1.807, 2.05) is 0 Å². The van der Waals surface area contributed by atoms with Crippen molar-refractivity contribution in [1.29, 1.82) is 0 Å². The molecular weight excluding hydrogens is 362 g/mol. The van der Waals surface area contributed by atoms with Gasteiger partial charge in [-0.15, -0.1) is 0 Å². The molecule has 28 heavy (non-hydrogen) atoms. The van der Waals surface area contributed by atoms with Crippen molar-refractivity contribution < 1.29 is 23.1 Å². The van der Waals surface area contributed by atoms with Crippen molar-refractivity contribution in [1.82, 2.24) is 0 Å². The summed E-state index contributed by atoms with van der Waals surface area (Å²) in [5.41, 5.74) is 1.30. The predicted octanol–water partition coefficient (Wildman–Crippen LogP) is 5.29. The number of rotatable bonds is 4. The van der Waals surface area contributed by atoms with Gasteiger partial charge in [0.05, 0.1) is 5.92 Å². The number of benzene rings is 3. The van der Waals surface area contributed by atoms with Gasteiger partial charge < -0.3 is 4.74 Å². The van der Waals surface area contributed by atoms with Crippen LogP contribution in [0.15, 0.2) is 66.7 Å². The van der Waals surface area contributed by atoms with Crippen molar-refractivity contribution in [3.8, 4) is 11.5 Å². The topological polar surface area (TPSA) is 43.4 Å². The zero-order valence-corrected chi connectivity index (χ0v) is 15.0. The summed E-state index contributed by atoms with van der Waals surface area (Å²) in [6.07, 6.45) is 0. The molecule has 0 saturated carbocycles. The van der Waals surface area contributed by atoms with E-state index in [0.29, 0.717) is 22.6 Å². The third-order valence-electron chi connectivity index (χ3n) is 4.96. The molecule has 3 aromatic rings. The fourth-order valence-electron chi connectivity index (χ4n) is 3.70. The van der Waals surface area contributed by atoms with Crippen LogP contribution >= 0.6 is 0 Å². The molecule has 140 valence electrons. The van der Waals surface area contributed by atoms with Crippen molar-refractivity contribution in [2.75, 3.05) is 0 Å². The molecule has 0 spiro atoms. The van der Waals surface area contributed by atoms with Gasteiger partial charge in [-0.1, -0.05) is 18.2 Å². The molecule has 0 bridgehead atoms. The second kappa shape index (κ2) is 7.00. The standard InChI is InChI=1S/C23H16F2O3/c1-13(26)21(23(27)14-6-8-15(24)9-7-14)22-17-4-2-3-5-19(17)28-20-11-10-16(25)12-18(20)22/h2-12,21-22H,1H3. The minimum atomic E-state index is -1.09. The molecule has 5 heteroatoms. The third-order valence-corrected chi connectivity index (χ3v) is 4.96. The third kappa shape index (κ3) is 3.09. The maximum Gasteiger partial charge on any atom is 0.174 e. The molecule has 3 nitrogen and oxygen atoms in total. The van der Waals surface area contributed by atoms with Crippen molar-refractivity contribution in [2.45, 2.75) is 12.8 Å². The van der Waals surface area contributed by atoms with Crippen LogP contribution in [0.5, 0.6) is 11.5 Å². The quantitative estimate of drug-likeness (QED) is 0.458. The van der Waals surface area contributed by atoms with Crippen molar-refractivity contribution >= 4 is 11.6 Å². The smallest absolute Gasteiger partial charge is 0.174 e. The van der Waals surface area contributed by atoms with Crippen LogP contribution in [0.4, 0.5) is 8.78 Å². The molecule has 0 radical (unpaired) electrons. The molecule has 0 fully saturated rings. The maximum atomic E-state index is 14.0. The summed E-state index contributed by atoms with van der Waals surface area (Å²) in [6, 6.07) is 16.2. The number of hydrogen-bond donors (Lipinski definition) is 0. The second-order valence-corrected chi connectivity index (χ2v) is 6.76. The Labute approximate surface area is 160 Å². The van der Waals surface area contributed by atoms with Gasteiger partial charge in [0.25, 0.3) is 0 Å². The highest BCUT2D eigenvalue weighted by molar-refractivity contribution is 6.11. The average Bonchev–Trinajstić information content (AvgIpc) is 2.68. The first-order valence-electron chi connectivity index (χ1n) is 8.82. The summed E-state index contributed by atoms with van der Waals surface area (Å²) < 4.78 is 33.1. The minimum Gasteiger partial charge on any atom is -0.457 e. The van der Waals surface area contributed by atoms with Gasteiger partial charge in [0.15, 0.2) is 5.78 Å². The molecule has 1 aliphatic heterocycles. The van der Waals surface area contributed by atoms with Gasteiger partial charge in [0.1, 0.15) is 28.9 Å². The number of carbonyl (C=O) groups is 2. The molecule has 0 amide bonds. The summed E-state index contributed by atoms with van der Waals surface area (Å²) in [5.74, 6) is -2.62. The van der Waals surface area contributed by atoms with Crippen LogP contribution in [0.3, 0.4) is 0 Å². The number of para-hydroxylation sites is 1. The van der Waals surface area contributed by atoms with Gasteiger partial charge in [-0.05, 0) is 55.5 Å². The highest BCUT2D eigenvalue weighted by atomic mass is 19.1. The van der Waals surface area contributed by atoms with Crippen LogP contribution < -0.4 is 4.74 Å². The first-order valence-corrected chi connectivity index (χ1v) is 8.82. The summed E-state index contributed by atoms with van der Waals surface area (Å²) >= 11 is 0. The fraction of sp³-hybridized carbons (Fsp3) is 0.130. The van der Waals surface area contributed by atoms with Gasteiger partial charge in [-0.3, -0.25) is 9.59 Å². The first kappa shape index (κ1) is 18.0. The van der Waals surface area contributed by atoms with Crippen LogP contribution in [-0.4, -0.2) is 11.6 Å². The largest absolute Gasteiger partial charge is 0.457 e. The molecule has 1 aliphatic rings. The number of ketones is 2. The fourth-order valence-corrected chi connectivity index (χ4v) is 3.70. The van der Waals surface area contributed by atoms with E-state index in [2.05, 4.69) is 0 Å². The normalized spacial score (nSPS) is 15.8. The maximum absolute atomic E-state index is 14.0. The average molecular weight is 378 g/mol. The lowest BCUT2D eigenvalue weighted by molar-refractivity contribution is -0.119. The van der Waals surface area contributed by atoms with Gasteiger partial charge in [-0.2, -0.15) is 0 Å². The summed E-state index contributed by atoms with van der Waals surface area (Å²) in [5, 5.41) is 0. The Morgan fingerprint density at radius 2 is 1.50 bits per heavy atom. The molecule has 0 saturated heterocycles. The number of halogens is 2. The lowest BCUT2D eigenvalue weighted by Gasteiger charge is -2.32. The molecule has 0 N–H and O–H groups in total. The van der Waals surface area contributed by atoms with Crippen LogP contribution in [-0.2, 0) is 4.79 Å². The zero-order valence-electron chi connectivity index (χ0n) is 15.0. The van der Waals surface area contributed by atoms with Crippen LogP contribution in [0.25, 0.3) is 0 Å². The van der Waals surface area contributed by atoms with Crippen molar-refractivity contribution in [2.24, 2.45) is 5.92 Å². The van der Waals surface area contributed by atoms with Gasteiger partial charge in [0, 0.05) is 22.6 Å². The van der Waals surface area contributed by atoms with Crippen LogP contribution in [0, 0.1) is 17.6 Å². The molecule has 3 aromatic carbocycles. The summed E-state index contributed by atoms with van der Waals surface area (Å²) in [6.45, 7) is 1.34. The van der Waals surface area contributed by atoms with E-state index in [4.69, 9.17) is 4.74 Å². The Balaban J connectivity index is 1.89. The number of fused-ring (bicyclic) bond motifs is 2. The molecule has 0 aliphatic carbocycles. The Morgan fingerprint density at radius 1 is 0.857 bits per heavy atom. The van der Waals surface area contributed by atoms with Crippen LogP contribution in [0.1, 0.15) is 34.3 Å². The van der Waals surface area contributed by atoms with Gasteiger partial charge >= 0.3 is 0 Å². The molecule has 1 heterocycles. The molecule has 4 rings (SSSR count). The zero-order chi connectivity index (χ0) is 19.8. The van der Waals surface area contributed by atoms with Gasteiger partial charge in [-0.25, -0.2) is 8.78 Å².